The number of carbonyl (C=O) groups excluding carboxylic acids is 1. The summed E-state index contributed by atoms with van der Waals surface area (Å²) in [6.07, 6.45) is 7.67. The summed E-state index contributed by atoms with van der Waals surface area (Å²) in [7, 11) is 0. The van der Waals surface area contributed by atoms with Crippen molar-refractivity contribution >= 4 is 29.2 Å². The molecule has 3 aromatic rings. The molecule has 8 heteroatoms. The van der Waals surface area contributed by atoms with Gasteiger partial charge in [-0.2, -0.15) is 5.10 Å². The van der Waals surface area contributed by atoms with Gasteiger partial charge in [-0.05, 0) is 24.6 Å². The molecule has 0 bridgehead atoms. The highest BCUT2D eigenvalue weighted by atomic mass is 16.2. The Hall–Kier alpha value is -3.68. The van der Waals surface area contributed by atoms with Crippen molar-refractivity contribution in [2.75, 3.05) is 11.9 Å². The molecular weight excluding hydrogens is 330 g/mol. The highest BCUT2D eigenvalue weighted by Crippen LogP contribution is 2.26. The molecule has 0 spiro atoms. The van der Waals surface area contributed by atoms with Crippen LogP contribution in [-0.2, 0) is 0 Å². The van der Waals surface area contributed by atoms with E-state index in [1.165, 1.54) is 12.4 Å². The van der Waals surface area contributed by atoms with Crippen LogP contribution in [0, 0.1) is 5.41 Å². The van der Waals surface area contributed by atoms with Gasteiger partial charge in [-0.1, -0.05) is 12.1 Å². The van der Waals surface area contributed by atoms with Crippen molar-refractivity contribution in [2.45, 2.75) is 6.92 Å². The second-order valence-electron chi connectivity index (χ2n) is 5.50. The van der Waals surface area contributed by atoms with Gasteiger partial charge in [-0.15, -0.1) is 0 Å². The lowest BCUT2D eigenvalue weighted by Gasteiger charge is -2.07. The van der Waals surface area contributed by atoms with E-state index < -0.39 is 0 Å². The number of benzene rings is 1. The smallest absolute Gasteiger partial charge is 0.319 e. The Morgan fingerprint density at radius 2 is 2.23 bits per heavy atom. The topological polar surface area (TPSA) is 121 Å². The molecule has 0 unspecified atom stereocenters. The van der Waals surface area contributed by atoms with Crippen LogP contribution in [0.15, 0.2) is 49.1 Å². The van der Waals surface area contributed by atoms with E-state index in [9.17, 15) is 4.79 Å². The van der Waals surface area contributed by atoms with Gasteiger partial charge < -0.3 is 21.8 Å². The summed E-state index contributed by atoms with van der Waals surface area (Å²) in [6.45, 7) is 2.42. The maximum atomic E-state index is 11.7. The van der Waals surface area contributed by atoms with Gasteiger partial charge >= 0.3 is 6.03 Å². The number of anilines is 1. The molecule has 2 amide bonds. The number of fused-ring (bicyclic) bond motifs is 1. The summed E-state index contributed by atoms with van der Waals surface area (Å²) in [5.74, 6) is 0. The molecule has 0 saturated heterocycles. The molecule has 8 nitrogen and oxygen atoms in total. The molecule has 0 radical (unpaired) electrons. The molecule has 0 aliphatic rings. The third kappa shape index (κ3) is 3.39. The van der Waals surface area contributed by atoms with Crippen LogP contribution < -0.4 is 16.4 Å². The largest absolute Gasteiger partial charge is 0.404 e. The number of hydrogen-bond donors (Lipinski definition) is 4. The van der Waals surface area contributed by atoms with E-state index in [-0.39, 0.29) is 6.03 Å². The van der Waals surface area contributed by atoms with Crippen molar-refractivity contribution in [3.05, 3.63) is 54.6 Å². The first-order chi connectivity index (χ1) is 12.7. The highest BCUT2D eigenvalue weighted by molar-refractivity contribution is 6.07. The van der Waals surface area contributed by atoms with E-state index in [1.807, 2.05) is 31.2 Å². The van der Waals surface area contributed by atoms with Crippen molar-refractivity contribution in [1.29, 1.82) is 5.41 Å². The van der Waals surface area contributed by atoms with Crippen LogP contribution in [0.2, 0.25) is 0 Å². The molecular formula is C18H19N7O. The van der Waals surface area contributed by atoms with Gasteiger partial charge in [-0.3, -0.25) is 0 Å². The Morgan fingerprint density at radius 1 is 1.38 bits per heavy atom. The van der Waals surface area contributed by atoms with Crippen LogP contribution in [0.5, 0.6) is 0 Å². The van der Waals surface area contributed by atoms with E-state index in [1.54, 1.807) is 23.1 Å². The number of amides is 2. The monoisotopic (exact) mass is 349 g/mol. The number of nitrogens with one attached hydrogen (secondary N) is 3. The van der Waals surface area contributed by atoms with Crippen molar-refractivity contribution in [2.24, 2.45) is 5.73 Å². The Labute approximate surface area is 150 Å². The second-order valence-corrected chi connectivity index (χ2v) is 5.50. The maximum absolute atomic E-state index is 11.7. The first kappa shape index (κ1) is 17.2. The third-order valence-electron chi connectivity index (χ3n) is 3.79. The molecule has 3 rings (SSSR count). The van der Waals surface area contributed by atoms with Gasteiger partial charge in [0.25, 0.3) is 0 Å². The van der Waals surface area contributed by atoms with E-state index in [2.05, 4.69) is 20.7 Å². The minimum Gasteiger partial charge on any atom is -0.404 e. The molecule has 0 aliphatic carbocycles. The van der Waals surface area contributed by atoms with Gasteiger partial charge in [0.05, 0.1) is 6.20 Å². The molecule has 0 saturated carbocycles. The summed E-state index contributed by atoms with van der Waals surface area (Å²) >= 11 is 0. The molecule has 2 heterocycles. The molecule has 132 valence electrons. The van der Waals surface area contributed by atoms with E-state index in [0.717, 1.165) is 11.1 Å². The minimum atomic E-state index is -0.250. The first-order valence-corrected chi connectivity index (χ1v) is 8.07. The van der Waals surface area contributed by atoms with E-state index in [4.69, 9.17) is 11.1 Å². The fourth-order valence-corrected chi connectivity index (χ4v) is 2.56. The molecule has 2 aromatic heterocycles. The SMILES string of the molecule is CCNC(=O)Nc1cccc(-c2cnn3cc(/C(C=N)=C/N)cnc23)c1. The highest BCUT2D eigenvalue weighted by Gasteiger charge is 2.11. The quantitative estimate of drug-likeness (QED) is 0.529. The lowest BCUT2D eigenvalue weighted by molar-refractivity contribution is 0.252. The number of nitrogens with zero attached hydrogens (tertiary/aromatic N) is 3. The Bertz CT molecular complexity index is 990. The molecule has 0 aliphatic heterocycles. The van der Waals surface area contributed by atoms with Gasteiger partial charge in [0.15, 0.2) is 5.65 Å². The van der Waals surface area contributed by atoms with E-state index in [0.29, 0.717) is 29.0 Å². The van der Waals surface area contributed by atoms with Crippen LogP contribution in [-0.4, -0.2) is 33.4 Å². The fourth-order valence-electron chi connectivity index (χ4n) is 2.56. The Morgan fingerprint density at radius 3 is 2.96 bits per heavy atom. The molecule has 1 aromatic carbocycles. The zero-order valence-corrected chi connectivity index (χ0v) is 14.2. The summed E-state index contributed by atoms with van der Waals surface area (Å²) in [5.41, 5.74) is 9.86. The van der Waals surface area contributed by atoms with E-state index >= 15 is 0 Å². The zero-order chi connectivity index (χ0) is 18.5. The predicted molar refractivity (Wildman–Crippen MR) is 102 cm³/mol. The molecule has 0 atom stereocenters. The molecule has 5 N–H and O–H groups in total. The number of rotatable bonds is 5. The van der Waals surface area contributed by atoms with Gasteiger partial charge in [0.1, 0.15) is 0 Å². The summed E-state index contributed by atoms with van der Waals surface area (Å²) < 4.78 is 1.64. The normalized spacial score (nSPS) is 11.3. The number of carbonyl (C=O) groups is 1. The molecule has 0 fully saturated rings. The van der Waals surface area contributed by atoms with Gasteiger partial charge in [0.2, 0.25) is 0 Å². The zero-order valence-electron chi connectivity index (χ0n) is 14.2. The van der Waals surface area contributed by atoms with Crippen LogP contribution >= 0.6 is 0 Å². The van der Waals surface area contributed by atoms with Crippen molar-refractivity contribution in [3.8, 4) is 11.1 Å². The second kappa shape index (κ2) is 7.47. The van der Waals surface area contributed by atoms with Crippen molar-refractivity contribution in [3.63, 3.8) is 0 Å². The Kier molecular flexibility index (Phi) is 4.93. The predicted octanol–water partition coefficient (Wildman–Crippen LogP) is 2.49. The first-order valence-electron chi connectivity index (χ1n) is 8.07. The standard InChI is InChI=1S/C18H19N7O/c1-2-21-18(26)24-15-5-3-4-12(6-15)16-10-23-25-11-14(9-22-17(16)25)13(7-19)8-20/h3-11,19H,2,20H2,1H3,(H2,21,24,26)/b13-8+,19-7?. The minimum absolute atomic E-state index is 0.250. The average molecular weight is 349 g/mol. The number of aromatic nitrogens is 3. The van der Waals surface area contributed by atoms with Crippen molar-refractivity contribution in [1.82, 2.24) is 19.9 Å². The summed E-state index contributed by atoms with van der Waals surface area (Å²) in [6, 6.07) is 7.22. The van der Waals surface area contributed by atoms with Gasteiger partial charge in [-0.25, -0.2) is 14.3 Å². The maximum Gasteiger partial charge on any atom is 0.319 e. The Balaban J connectivity index is 1.96. The number of hydrogen-bond acceptors (Lipinski definition) is 5. The lowest BCUT2D eigenvalue weighted by Crippen LogP contribution is -2.28. The third-order valence-corrected chi connectivity index (χ3v) is 3.79. The number of allylic oxidation sites excluding steroid dienone is 1. The number of urea groups is 1. The van der Waals surface area contributed by atoms with Crippen molar-refractivity contribution < 1.29 is 4.79 Å². The summed E-state index contributed by atoms with van der Waals surface area (Å²) in [5, 5.41) is 17.2. The molecule has 26 heavy (non-hydrogen) atoms. The average Bonchev–Trinajstić information content (AvgIpc) is 3.06. The van der Waals surface area contributed by atoms with Crippen LogP contribution in [0.1, 0.15) is 12.5 Å². The number of nitrogens with two attached hydrogens (primary N) is 1. The lowest BCUT2D eigenvalue weighted by atomic mass is 10.1. The van der Waals surface area contributed by atoms with Gasteiger partial charge in [0, 0.05) is 53.7 Å². The fraction of sp³-hybridized carbons (Fsp3) is 0.111. The summed E-state index contributed by atoms with van der Waals surface area (Å²) in [4.78, 5) is 16.2. The van der Waals surface area contributed by atoms with Crippen LogP contribution in [0.3, 0.4) is 0 Å². The van der Waals surface area contributed by atoms with Crippen LogP contribution in [0.4, 0.5) is 10.5 Å². The van der Waals surface area contributed by atoms with Crippen LogP contribution in [0.25, 0.3) is 22.3 Å².